The van der Waals surface area contributed by atoms with Crippen molar-refractivity contribution in [1.82, 2.24) is 19.5 Å². The van der Waals surface area contributed by atoms with E-state index in [-0.39, 0.29) is 18.4 Å². The number of rotatable bonds is 5. The van der Waals surface area contributed by atoms with Gasteiger partial charge in [0.1, 0.15) is 6.33 Å². The van der Waals surface area contributed by atoms with Crippen molar-refractivity contribution in [3.8, 4) is 0 Å². The highest BCUT2D eigenvalue weighted by molar-refractivity contribution is 14.1. The third-order valence-corrected chi connectivity index (χ3v) is 6.78. The molecule has 3 heterocycles. The van der Waals surface area contributed by atoms with Crippen molar-refractivity contribution in [1.29, 1.82) is 0 Å². The fraction of sp³-hybridized carbons (Fsp3) is 0.375. The summed E-state index contributed by atoms with van der Waals surface area (Å²) in [5.41, 5.74) is 12.4. The van der Waals surface area contributed by atoms with Crippen LogP contribution in [0.25, 0.3) is 11.2 Å². The van der Waals surface area contributed by atoms with Gasteiger partial charge in [0, 0.05) is 34.0 Å². The number of carbonyl (C=O) groups excluding carboxylic acids is 1. The van der Waals surface area contributed by atoms with Crippen molar-refractivity contribution < 1.29 is 9.53 Å². The minimum Gasteiger partial charge on any atom is -0.382 e. The average Bonchev–Trinajstić information content (AvgIpc) is 3.18. The van der Waals surface area contributed by atoms with Crippen LogP contribution < -0.4 is 11.5 Å². The first kappa shape index (κ1) is 17.7. The van der Waals surface area contributed by atoms with E-state index in [0.717, 1.165) is 17.9 Å². The normalized spacial score (nSPS) is 22.2. The highest BCUT2D eigenvalue weighted by Gasteiger charge is 2.30. The second-order valence-corrected chi connectivity index (χ2v) is 8.30. The van der Waals surface area contributed by atoms with Crippen LogP contribution in [0.5, 0.6) is 0 Å². The number of ether oxygens (including phenoxy) is 1. The Bertz CT molecular complexity index is 940. The Morgan fingerprint density at radius 1 is 1.42 bits per heavy atom. The lowest BCUT2D eigenvalue weighted by Gasteiger charge is -2.20. The molecule has 136 valence electrons. The zero-order chi connectivity index (χ0) is 18.3. The van der Waals surface area contributed by atoms with E-state index in [0.29, 0.717) is 34.6 Å². The van der Waals surface area contributed by atoms with Crippen LogP contribution in [0.15, 0.2) is 32.1 Å². The monoisotopic (exact) mass is 484 g/mol. The number of aryl methyl sites for hydroxylation is 1. The van der Waals surface area contributed by atoms with Crippen molar-refractivity contribution in [2.24, 2.45) is 11.7 Å². The minimum absolute atomic E-state index is 0.115. The number of fused-ring (bicyclic) bond motifs is 2. The summed E-state index contributed by atoms with van der Waals surface area (Å²) in [6, 6.07) is 0. The van der Waals surface area contributed by atoms with Crippen LogP contribution in [0.3, 0.4) is 0 Å². The number of nitrogen functional groups attached to an aromatic ring is 1. The van der Waals surface area contributed by atoms with Crippen molar-refractivity contribution in [3.05, 3.63) is 27.0 Å². The minimum atomic E-state index is -0.376. The summed E-state index contributed by atoms with van der Waals surface area (Å²) in [4.78, 5) is 25.3. The topological polar surface area (TPSA) is 122 Å². The summed E-state index contributed by atoms with van der Waals surface area (Å²) in [7, 11) is 0. The SMILES string of the molecule is NC(=O)CCn1c(SC2=CC3OCCC3C=C2I)nc2c(N)ncnc21. The molecular weight excluding hydrogens is 467 g/mol. The molecule has 2 unspecified atom stereocenters. The summed E-state index contributed by atoms with van der Waals surface area (Å²) in [6.45, 7) is 1.17. The molecule has 2 aromatic rings. The Hall–Kier alpha value is -1.66. The maximum absolute atomic E-state index is 11.3. The third kappa shape index (κ3) is 3.32. The molecule has 0 spiro atoms. The lowest BCUT2D eigenvalue weighted by Crippen LogP contribution is -2.16. The van der Waals surface area contributed by atoms with Gasteiger partial charge in [-0.25, -0.2) is 15.0 Å². The van der Waals surface area contributed by atoms with Crippen LogP contribution >= 0.6 is 34.4 Å². The second kappa shape index (κ2) is 7.16. The maximum atomic E-state index is 11.3. The van der Waals surface area contributed by atoms with E-state index in [1.165, 1.54) is 21.7 Å². The highest BCUT2D eigenvalue weighted by atomic mass is 127. The molecule has 4 rings (SSSR count). The van der Waals surface area contributed by atoms with E-state index < -0.39 is 0 Å². The molecule has 4 N–H and O–H groups in total. The summed E-state index contributed by atoms with van der Waals surface area (Å²) < 4.78 is 8.84. The molecule has 0 saturated carbocycles. The summed E-state index contributed by atoms with van der Waals surface area (Å²) in [5.74, 6) is 0.386. The quantitative estimate of drug-likeness (QED) is 0.623. The number of amides is 1. The molecule has 1 amide bonds. The molecule has 0 bridgehead atoms. The Labute approximate surface area is 167 Å². The van der Waals surface area contributed by atoms with Crippen molar-refractivity contribution >= 4 is 57.2 Å². The van der Waals surface area contributed by atoms with Gasteiger partial charge in [-0.2, -0.15) is 0 Å². The largest absolute Gasteiger partial charge is 0.382 e. The van der Waals surface area contributed by atoms with Gasteiger partial charge >= 0.3 is 0 Å². The van der Waals surface area contributed by atoms with Gasteiger partial charge in [-0.05, 0) is 35.1 Å². The van der Waals surface area contributed by atoms with Gasteiger partial charge in [-0.3, -0.25) is 4.79 Å². The van der Waals surface area contributed by atoms with Crippen LogP contribution in [0.4, 0.5) is 5.82 Å². The predicted octanol–water partition coefficient (Wildman–Crippen LogP) is 2.00. The Morgan fingerprint density at radius 2 is 2.27 bits per heavy atom. The number of primary amides is 1. The van der Waals surface area contributed by atoms with Gasteiger partial charge in [-0.15, -0.1) is 0 Å². The molecule has 2 aromatic heterocycles. The number of aromatic nitrogens is 4. The molecule has 26 heavy (non-hydrogen) atoms. The molecule has 1 saturated heterocycles. The maximum Gasteiger partial charge on any atom is 0.219 e. The smallest absolute Gasteiger partial charge is 0.219 e. The number of carbonyl (C=O) groups is 1. The molecule has 10 heteroatoms. The molecule has 8 nitrogen and oxygen atoms in total. The third-order valence-electron chi connectivity index (χ3n) is 4.40. The van der Waals surface area contributed by atoms with Crippen LogP contribution in [0, 0.1) is 5.92 Å². The first-order chi connectivity index (χ1) is 12.5. The molecule has 2 atom stereocenters. The van der Waals surface area contributed by atoms with Gasteiger partial charge in [0.05, 0.1) is 6.10 Å². The van der Waals surface area contributed by atoms with Crippen LogP contribution in [-0.2, 0) is 16.1 Å². The Kier molecular flexibility index (Phi) is 4.88. The number of nitrogens with two attached hydrogens (primary N) is 2. The van der Waals surface area contributed by atoms with E-state index in [4.69, 9.17) is 16.2 Å². The molecule has 0 radical (unpaired) electrons. The van der Waals surface area contributed by atoms with Crippen LogP contribution in [0.2, 0.25) is 0 Å². The number of hydrogen-bond acceptors (Lipinski definition) is 7. The first-order valence-corrected chi connectivity index (χ1v) is 10.1. The van der Waals surface area contributed by atoms with Gasteiger partial charge < -0.3 is 20.8 Å². The summed E-state index contributed by atoms with van der Waals surface area (Å²) in [6.07, 6.45) is 7.17. The zero-order valence-corrected chi connectivity index (χ0v) is 16.7. The standard InChI is InChI=1S/C16H17IN6O2S/c17-9-5-8-2-4-25-10(8)6-11(9)26-16-22-13-14(19)20-7-21-15(13)23(16)3-1-12(18)24/h5-8,10H,1-4H2,(H2,18,24)(H2,19,20,21). The number of thioether (sulfide) groups is 1. The van der Waals surface area contributed by atoms with Crippen molar-refractivity contribution in [2.75, 3.05) is 12.3 Å². The molecule has 0 aromatic carbocycles. The predicted molar refractivity (Wildman–Crippen MR) is 107 cm³/mol. The number of imidazole rings is 1. The fourth-order valence-electron chi connectivity index (χ4n) is 3.09. The van der Waals surface area contributed by atoms with E-state index in [9.17, 15) is 4.79 Å². The average molecular weight is 484 g/mol. The molecule has 2 aliphatic rings. The number of anilines is 1. The fourth-order valence-corrected chi connectivity index (χ4v) is 5.05. The lowest BCUT2D eigenvalue weighted by atomic mass is 9.97. The summed E-state index contributed by atoms with van der Waals surface area (Å²) in [5, 5.41) is 0.707. The number of halogens is 1. The number of hydrogen-bond donors (Lipinski definition) is 2. The number of nitrogens with zero attached hydrogens (tertiary/aromatic N) is 4. The summed E-state index contributed by atoms with van der Waals surface area (Å²) >= 11 is 3.86. The van der Waals surface area contributed by atoms with Gasteiger partial charge in [0.25, 0.3) is 0 Å². The molecule has 1 aliphatic carbocycles. The number of allylic oxidation sites excluding steroid dienone is 1. The highest BCUT2D eigenvalue weighted by Crippen LogP contribution is 2.42. The van der Waals surface area contributed by atoms with E-state index in [1.54, 1.807) is 0 Å². The van der Waals surface area contributed by atoms with Crippen molar-refractivity contribution in [2.45, 2.75) is 30.6 Å². The molecule has 1 aliphatic heterocycles. The van der Waals surface area contributed by atoms with Crippen LogP contribution in [-0.4, -0.2) is 38.1 Å². The zero-order valence-electron chi connectivity index (χ0n) is 13.8. The second-order valence-electron chi connectivity index (χ2n) is 6.13. The van der Waals surface area contributed by atoms with E-state index >= 15 is 0 Å². The molecular formula is C16H17IN6O2S. The van der Waals surface area contributed by atoms with E-state index in [1.807, 2.05) is 4.57 Å². The van der Waals surface area contributed by atoms with Gasteiger partial charge in [-0.1, -0.05) is 17.8 Å². The molecule has 1 fully saturated rings. The van der Waals surface area contributed by atoms with Gasteiger partial charge in [0.15, 0.2) is 22.1 Å². The Balaban J connectivity index is 1.71. The van der Waals surface area contributed by atoms with Crippen LogP contribution in [0.1, 0.15) is 12.8 Å². The van der Waals surface area contributed by atoms with E-state index in [2.05, 4.69) is 49.7 Å². The Morgan fingerprint density at radius 3 is 3.08 bits per heavy atom. The first-order valence-electron chi connectivity index (χ1n) is 8.17. The van der Waals surface area contributed by atoms with Crippen molar-refractivity contribution in [3.63, 3.8) is 0 Å². The lowest BCUT2D eigenvalue weighted by molar-refractivity contribution is -0.118. The van der Waals surface area contributed by atoms with Gasteiger partial charge in [0.2, 0.25) is 5.91 Å².